The molecule has 0 saturated heterocycles. The lowest BCUT2D eigenvalue weighted by molar-refractivity contribution is 0.0696. The number of halogens is 1. The van der Waals surface area contributed by atoms with Gasteiger partial charge in [-0.2, -0.15) is 0 Å². The molecular weight excluding hydrogens is 301 g/mol. The van der Waals surface area contributed by atoms with Gasteiger partial charge in [0.15, 0.2) is 5.78 Å². The predicted octanol–water partition coefficient (Wildman–Crippen LogP) is 2.66. The smallest absolute Gasteiger partial charge is 0.335 e. The Morgan fingerprint density at radius 2 is 1.70 bits per heavy atom. The molecule has 0 saturated carbocycles. The average Bonchev–Trinajstić information content (AvgIpc) is 2.52. The zero-order chi connectivity index (χ0) is 17.0. The molecule has 0 aromatic heterocycles. The summed E-state index contributed by atoms with van der Waals surface area (Å²) in [6.07, 6.45) is 0. The van der Waals surface area contributed by atoms with Crippen LogP contribution in [0.3, 0.4) is 0 Å². The fourth-order valence-electron chi connectivity index (χ4n) is 2.05. The lowest BCUT2D eigenvalue weighted by Crippen LogP contribution is -2.24. The highest BCUT2D eigenvalue weighted by atomic mass is 19.1. The van der Waals surface area contributed by atoms with Gasteiger partial charge in [-0.1, -0.05) is 12.1 Å². The van der Waals surface area contributed by atoms with E-state index < -0.39 is 23.5 Å². The van der Waals surface area contributed by atoms with Crippen molar-refractivity contribution in [2.45, 2.75) is 13.5 Å². The molecule has 23 heavy (non-hydrogen) atoms. The third kappa shape index (κ3) is 4.00. The van der Waals surface area contributed by atoms with E-state index in [-0.39, 0.29) is 23.2 Å². The van der Waals surface area contributed by atoms with Gasteiger partial charge in [0.1, 0.15) is 5.82 Å². The van der Waals surface area contributed by atoms with Crippen molar-refractivity contribution in [2.24, 2.45) is 0 Å². The first-order valence-corrected chi connectivity index (χ1v) is 6.79. The second kappa shape index (κ2) is 6.83. The lowest BCUT2D eigenvalue weighted by Gasteiger charge is -2.09. The van der Waals surface area contributed by atoms with E-state index >= 15 is 0 Å². The Balaban J connectivity index is 2.11. The first kappa shape index (κ1) is 16.4. The Labute approximate surface area is 131 Å². The minimum absolute atomic E-state index is 0.0173. The van der Waals surface area contributed by atoms with Gasteiger partial charge in [0.25, 0.3) is 5.91 Å². The molecule has 0 aliphatic rings. The van der Waals surface area contributed by atoms with Crippen molar-refractivity contribution in [2.75, 3.05) is 0 Å². The molecule has 0 heterocycles. The maximum absolute atomic E-state index is 13.2. The summed E-state index contributed by atoms with van der Waals surface area (Å²) in [6, 6.07) is 9.43. The third-order valence-corrected chi connectivity index (χ3v) is 3.26. The molecule has 0 radical (unpaired) electrons. The van der Waals surface area contributed by atoms with Gasteiger partial charge in [0.05, 0.1) is 11.1 Å². The van der Waals surface area contributed by atoms with Crippen LogP contribution >= 0.6 is 0 Å². The number of nitrogens with one attached hydrogen (secondary N) is 1. The van der Waals surface area contributed by atoms with Crippen LogP contribution in [0.25, 0.3) is 0 Å². The summed E-state index contributed by atoms with van der Waals surface area (Å²) in [5.74, 6) is -2.52. The Hall–Kier alpha value is -3.02. The highest BCUT2D eigenvalue weighted by Crippen LogP contribution is 2.13. The first-order valence-electron chi connectivity index (χ1n) is 6.79. The van der Waals surface area contributed by atoms with Crippen LogP contribution in [0, 0.1) is 5.82 Å². The maximum atomic E-state index is 13.2. The monoisotopic (exact) mass is 315 g/mol. The number of carboxylic acids is 1. The molecule has 2 N–H and O–H groups in total. The normalized spacial score (nSPS) is 10.2. The van der Waals surface area contributed by atoms with Crippen molar-refractivity contribution in [3.63, 3.8) is 0 Å². The number of carboxylic acid groups (broad SMARTS) is 1. The lowest BCUT2D eigenvalue weighted by atomic mass is 10.0. The maximum Gasteiger partial charge on any atom is 0.335 e. The Bertz CT molecular complexity index is 769. The fraction of sp³-hybridized carbons (Fsp3) is 0.118. The molecule has 0 aliphatic carbocycles. The van der Waals surface area contributed by atoms with Gasteiger partial charge in [-0.25, -0.2) is 9.18 Å². The van der Waals surface area contributed by atoms with Crippen LogP contribution in [0.1, 0.15) is 43.6 Å². The van der Waals surface area contributed by atoms with Crippen molar-refractivity contribution in [1.82, 2.24) is 5.32 Å². The van der Waals surface area contributed by atoms with E-state index in [4.69, 9.17) is 5.11 Å². The van der Waals surface area contributed by atoms with Crippen LogP contribution in [-0.4, -0.2) is 22.8 Å². The van der Waals surface area contributed by atoms with E-state index in [9.17, 15) is 18.8 Å². The quantitative estimate of drug-likeness (QED) is 0.831. The van der Waals surface area contributed by atoms with Crippen LogP contribution in [-0.2, 0) is 6.54 Å². The highest BCUT2D eigenvalue weighted by molar-refractivity contribution is 6.07. The van der Waals surface area contributed by atoms with E-state index in [1.165, 1.54) is 25.1 Å². The third-order valence-electron chi connectivity index (χ3n) is 3.26. The first-order chi connectivity index (χ1) is 10.9. The second-order valence-electron chi connectivity index (χ2n) is 4.93. The van der Waals surface area contributed by atoms with Crippen LogP contribution < -0.4 is 5.32 Å². The SMILES string of the molecule is CC(=O)c1cc(F)ccc1C(=O)NCc1ccc(C(=O)O)cc1. The summed E-state index contributed by atoms with van der Waals surface area (Å²) in [5, 5.41) is 11.4. The van der Waals surface area contributed by atoms with E-state index in [0.29, 0.717) is 5.56 Å². The molecule has 1 amide bonds. The fourth-order valence-corrected chi connectivity index (χ4v) is 2.05. The van der Waals surface area contributed by atoms with E-state index in [1.807, 2.05) is 0 Å². The minimum atomic E-state index is -1.03. The van der Waals surface area contributed by atoms with Gasteiger partial charge >= 0.3 is 5.97 Å². The summed E-state index contributed by atoms with van der Waals surface area (Å²) in [6.45, 7) is 1.42. The van der Waals surface area contributed by atoms with Gasteiger partial charge < -0.3 is 10.4 Å². The molecule has 0 bridgehead atoms. The minimum Gasteiger partial charge on any atom is -0.478 e. The number of carbonyl (C=O) groups excluding carboxylic acids is 2. The number of aromatic carboxylic acids is 1. The number of amides is 1. The number of ketones is 1. The Kier molecular flexibility index (Phi) is 4.85. The summed E-state index contributed by atoms with van der Waals surface area (Å²) in [5.41, 5.74) is 0.970. The topological polar surface area (TPSA) is 83.5 Å². The molecule has 118 valence electrons. The molecule has 2 aromatic rings. The van der Waals surface area contributed by atoms with Crippen LogP contribution in [0.2, 0.25) is 0 Å². The van der Waals surface area contributed by atoms with Crippen molar-refractivity contribution in [1.29, 1.82) is 0 Å². The zero-order valence-electron chi connectivity index (χ0n) is 12.3. The number of carbonyl (C=O) groups is 3. The summed E-state index contributed by atoms with van der Waals surface area (Å²) in [4.78, 5) is 34.4. The molecule has 0 aliphatic heterocycles. The summed E-state index contributed by atoms with van der Waals surface area (Å²) < 4.78 is 13.2. The zero-order valence-corrected chi connectivity index (χ0v) is 12.3. The highest BCUT2D eigenvalue weighted by Gasteiger charge is 2.15. The number of benzene rings is 2. The Morgan fingerprint density at radius 1 is 1.04 bits per heavy atom. The van der Waals surface area contributed by atoms with E-state index in [0.717, 1.165) is 12.1 Å². The predicted molar refractivity (Wildman–Crippen MR) is 81.0 cm³/mol. The van der Waals surface area contributed by atoms with Gasteiger partial charge in [-0.15, -0.1) is 0 Å². The summed E-state index contributed by atoms with van der Waals surface area (Å²) in [7, 11) is 0. The molecule has 0 unspecified atom stereocenters. The van der Waals surface area contributed by atoms with Gasteiger partial charge in [-0.3, -0.25) is 9.59 Å². The number of hydrogen-bond acceptors (Lipinski definition) is 3. The molecule has 5 nitrogen and oxygen atoms in total. The molecule has 2 rings (SSSR count). The largest absolute Gasteiger partial charge is 0.478 e. The van der Waals surface area contributed by atoms with Gasteiger partial charge in [0.2, 0.25) is 0 Å². The van der Waals surface area contributed by atoms with Crippen LogP contribution in [0.5, 0.6) is 0 Å². The molecular formula is C17H14FNO4. The molecule has 0 fully saturated rings. The van der Waals surface area contributed by atoms with Gasteiger partial charge in [-0.05, 0) is 42.8 Å². The number of hydrogen-bond donors (Lipinski definition) is 2. The van der Waals surface area contributed by atoms with E-state index in [1.54, 1.807) is 12.1 Å². The number of rotatable bonds is 5. The van der Waals surface area contributed by atoms with Crippen LogP contribution in [0.4, 0.5) is 4.39 Å². The van der Waals surface area contributed by atoms with Crippen molar-refractivity contribution in [3.8, 4) is 0 Å². The van der Waals surface area contributed by atoms with Crippen molar-refractivity contribution in [3.05, 3.63) is 70.5 Å². The standard InChI is InChI=1S/C17H14FNO4/c1-10(20)15-8-13(18)6-7-14(15)16(21)19-9-11-2-4-12(5-3-11)17(22)23/h2-8H,9H2,1H3,(H,19,21)(H,22,23). The molecule has 0 spiro atoms. The summed E-state index contributed by atoms with van der Waals surface area (Å²) >= 11 is 0. The second-order valence-corrected chi connectivity index (χ2v) is 4.93. The Morgan fingerprint density at radius 3 is 2.26 bits per heavy atom. The van der Waals surface area contributed by atoms with Crippen molar-refractivity contribution < 1.29 is 23.9 Å². The molecule has 6 heteroatoms. The average molecular weight is 315 g/mol. The van der Waals surface area contributed by atoms with Crippen molar-refractivity contribution >= 4 is 17.7 Å². The van der Waals surface area contributed by atoms with Crippen LogP contribution in [0.15, 0.2) is 42.5 Å². The van der Waals surface area contributed by atoms with Gasteiger partial charge in [0, 0.05) is 12.1 Å². The molecule has 2 aromatic carbocycles. The molecule has 0 atom stereocenters. The van der Waals surface area contributed by atoms with E-state index in [2.05, 4.69) is 5.32 Å². The number of Topliss-reactive ketones (excluding diaryl/α,β-unsaturated/α-hetero) is 1.